The predicted octanol–water partition coefficient (Wildman–Crippen LogP) is 8.10. The van der Waals surface area contributed by atoms with Gasteiger partial charge in [0, 0.05) is 0 Å². The van der Waals surface area contributed by atoms with E-state index in [9.17, 15) is 8.78 Å². The first-order chi connectivity index (χ1) is 14.0. The molecule has 4 rings (SSSR count). The Kier molecular flexibility index (Phi) is 5.44. The second-order valence-electron chi connectivity index (χ2n) is 7.68. The molecule has 0 N–H and O–H groups in total. The van der Waals surface area contributed by atoms with Gasteiger partial charge in [0.1, 0.15) is 11.6 Å². The minimum atomic E-state index is -0.543. The van der Waals surface area contributed by atoms with E-state index in [2.05, 4.69) is 25.1 Å². The fraction of sp³-hybridized carbons (Fsp3) is 0.185. The van der Waals surface area contributed by atoms with Crippen LogP contribution in [0.4, 0.5) is 8.78 Å². The summed E-state index contributed by atoms with van der Waals surface area (Å²) in [4.78, 5) is 0. The van der Waals surface area contributed by atoms with Crippen LogP contribution in [0.15, 0.2) is 72.8 Å². The molecule has 0 aliphatic carbocycles. The zero-order valence-electron chi connectivity index (χ0n) is 16.8. The Labute approximate surface area is 170 Å². The number of aryl methyl sites for hydroxylation is 2. The van der Waals surface area contributed by atoms with E-state index in [0.717, 1.165) is 28.3 Å². The third-order valence-electron chi connectivity index (χ3n) is 5.44. The van der Waals surface area contributed by atoms with E-state index in [1.807, 2.05) is 37.3 Å². The highest BCUT2D eigenvalue weighted by atomic mass is 19.1. The molecule has 0 heterocycles. The Bertz CT molecular complexity index is 1130. The van der Waals surface area contributed by atoms with Gasteiger partial charge in [-0.05, 0) is 71.0 Å². The minimum absolute atomic E-state index is 0.0232. The molecular weight excluding hydrogens is 362 g/mol. The molecule has 0 radical (unpaired) electrons. The van der Waals surface area contributed by atoms with Gasteiger partial charge >= 0.3 is 0 Å². The van der Waals surface area contributed by atoms with Crippen LogP contribution >= 0.6 is 0 Å². The number of hydrogen-bond donors (Lipinski definition) is 0. The number of halogens is 2. The molecule has 0 aliphatic rings. The van der Waals surface area contributed by atoms with E-state index in [-0.39, 0.29) is 5.56 Å². The first-order valence-corrected chi connectivity index (χ1v) is 10.1. The van der Waals surface area contributed by atoms with Gasteiger partial charge < -0.3 is 0 Å². The Morgan fingerprint density at radius 3 is 1.97 bits per heavy atom. The summed E-state index contributed by atoms with van der Waals surface area (Å²) in [6, 6.07) is 22.5. The standard InChI is InChI=1S/C27H24F2/c1-3-4-5-19-8-11-22-15-23(13-12-21(22)14-19)24-16-25(28)27(26(29)17-24)20-9-6-18(2)7-10-20/h6-17H,3-5H2,1-2H3. The lowest BCUT2D eigenvalue weighted by Gasteiger charge is -2.10. The fourth-order valence-electron chi connectivity index (χ4n) is 3.75. The molecule has 0 atom stereocenters. The number of unbranched alkanes of at least 4 members (excludes halogenated alkanes) is 1. The highest BCUT2D eigenvalue weighted by molar-refractivity contribution is 5.88. The lowest BCUT2D eigenvalue weighted by Crippen LogP contribution is -1.93. The van der Waals surface area contributed by atoms with Crippen LogP contribution in [-0.2, 0) is 6.42 Å². The molecular formula is C27H24F2. The summed E-state index contributed by atoms with van der Waals surface area (Å²) in [6.45, 7) is 4.14. The van der Waals surface area contributed by atoms with Crippen molar-refractivity contribution in [3.05, 3.63) is 95.6 Å². The van der Waals surface area contributed by atoms with Crippen LogP contribution in [0.1, 0.15) is 30.9 Å². The van der Waals surface area contributed by atoms with E-state index >= 15 is 0 Å². The van der Waals surface area contributed by atoms with Crippen LogP contribution in [0, 0.1) is 18.6 Å². The Morgan fingerprint density at radius 2 is 1.28 bits per heavy atom. The van der Waals surface area contributed by atoms with E-state index < -0.39 is 11.6 Å². The van der Waals surface area contributed by atoms with Crippen molar-refractivity contribution in [1.82, 2.24) is 0 Å². The van der Waals surface area contributed by atoms with Crippen molar-refractivity contribution >= 4 is 10.8 Å². The molecule has 0 saturated heterocycles. The van der Waals surface area contributed by atoms with Crippen molar-refractivity contribution in [3.63, 3.8) is 0 Å². The van der Waals surface area contributed by atoms with Crippen molar-refractivity contribution in [3.8, 4) is 22.3 Å². The van der Waals surface area contributed by atoms with Crippen LogP contribution in [-0.4, -0.2) is 0 Å². The lowest BCUT2D eigenvalue weighted by atomic mass is 9.96. The van der Waals surface area contributed by atoms with E-state index in [1.54, 1.807) is 12.1 Å². The maximum Gasteiger partial charge on any atom is 0.134 e. The molecule has 0 amide bonds. The largest absolute Gasteiger partial charge is 0.206 e. The molecule has 0 spiro atoms. The monoisotopic (exact) mass is 386 g/mol. The van der Waals surface area contributed by atoms with Gasteiger partial charge in [-0.25, -0.2) is 8.78 Å². The van der Waals surface area contributed by atoms with Crippen molar-refractivity contribution in [2.45, 2.75) is 33.1 Å². The van der Waals surface area contributed by atoms with Crippen LogP contribution < -0.4 is 0 Å². The number of hydrogen-bond acceptors (Lipinski definition) is 0. The minimum Gasteiger partial charge on any atom is -0.206 e. The van der Waals surface area contributed by atoms with Crippen molar-refractivity contribution in [2.75, 3.05) is 0 Å². The predicted molar refractivity (Wildman–Crippen MR) is 118 cm³/mol. The Morgan fingerprint density at radius 1 is 0.655 bits per heavy atom. The van der Waals surface area contributed by atoms with Crippen molar-refractivity contribution < 1.29 is 8.78 Å². The van der Waals surface area contributed by atoms with Gasteiger partial charge in [0.25, 0.3) is 0 Å². The smallest absolute Gasteiger partial charge is 0.134 e. The van der Waals surface area contributed by atoms with Crippen molar-refractivity contribution in [1.29, 1.82) is 0 Å². The molecule has 146 valence electrons. The molecule has 0 aliphatic heterocycles. The van der Waals surface area contributed by atoms with Gasteiger partial charge in [-0.3, -0.25) is 0 Å². The third kappa shape index (κ3) is 4.07. The first-order valence-electron chi connectivity index (χ1n) is 10.1. The van der Waals surface area contributed by atoms with Crippen LogP contribution in [0.2, 0.25) is 0 Å². The summed E-state index contributed by atoms with van der Waals surface area (Å²) in [5.41, 5.74) is 4.32. The summed E-state index contributed by atoms with van der Waals surface area (Å²) >= 11 is 0. The number of benzene rings is 4. The van der Waals surface area contributed by atoms with E-state index in [0.29, 0.717) is 11.1 Å². The van der Waals surface area contributed by atoms with Crippen LogP contribution in [0.5, 0.6) is 0 Å². The zero-order chi connectivity index (χ0) is 20.4. The average Bonchev–Trinajstić information content (AvgIpc) is 2.72. The summed E-state index contributed by atoms with van der Waals surface area (Å²) in [6.07, 6.45) is 3.42. The van der Waals surface area contributed by atoms with Gasteiger partial charge in [0.15, 0.2) is 0 Å². The van der Waals surface area contributed by atoms with E-state index in [4.69, 9.17) is 0 Å². The quantitative estimate of drug-likeness (QED) is 0.325. The van der Waals surface area contributed by atoms with Gasteiger partial charge in [-0.1, -0.05) is 73.5 Å². The van der Waals surface area contributed by atoms with Crippen molar-refractivity contribution in [2.24, 2.45) is 0 Å². The van der Waals surface area contributed by atoms with E-state index in [1.165, 1.54) is 30.5 Å². The maximum atomic E-state index is 14.8. The van der Waals surface area contributed by atoms with Crippen LogP contribution in [0.3, 0.4) is 0 Å². The highest BCUT2D eigenvalue weighted by Crippen LogP contribution is 2.32. The summed E-state index contributed by atoms with van der Waals surface area (Å²) < 4.78 is 29.7. The normalized spacial score (nSPS) is 11.2. The second-order valence-corrected chi connectivity index (χ2v) is 7.68. The molecule has 2 heteroatoms. The molecule has 4 aromatic carbocycles. The molecule has 0 aromatic heterocycles. The van der Waals surface area contributed by atoms with Gasteiger partial charge in [-0.15, -0.1) is 0 Å². The molecule has 0 nitrogen and oxygen atoms in total. The highest BCUT2D eigenvalue weighted by Gasteiger charge is 2.14. The Hall–Kier alpha value is -3.00. The Balaban J connectivity index is 1.70. The van der Waals surface area contributed by atoms with Crippen LogP contribution in [0.25, 0.3) is 33.0 Å². The number of rotatable bonds is 5. The zero-order valence-corrected chi connectivity index (χ0v) is 16.8. The molecule has 0 fully saturated rings. The summed E-state index contributed by atoms with van der Waals surface area (Å²) in [5.74, 6) is -1.09. The molecule has 0 saturated carbocycles. The molecule has 0 bridgehead atoms. The third-order valence-corrected chi connectivity index (χ3v) is 5.44. The molecule has 29 heavy (non-hydrogen) atoms. The fourth-order valence-corrected chi connectivity index (χ4v) is 3.75. The molecule has 0 unspecified atom stereocenters. The van der Waals surface area contributed by atoms with Gasteiger partial charge in [-0.2, -0.15) is 0 Å². The molecule has 4 aromatic rings. The number of fused-ring (bicyclic) bond motifs is 1. The topological polar surface area (TPSA) is 0 Å². The van der Waals surface area contributed by atoms with Gasteiger partial charge in [0.2, 0.25) is 0 Å². The maximum absolute atomic E-state index is 14.8. The average molecular weight is 386 g/mol. The van der Waals surface area contributed by atoms with Gasteiger partial charge in [0.05, 0.1) is 5.56 Å². The second kappa shape index (κ2) is 8.16. The lowest BCUT2D eigenvalue weighted by molar-refractivity contribution is 0.590. The first kappa shape index (κ1) is 19.3. The summed E-state index contributed by atoms with van der Waals surface area (Å²) in [5, 5.41) is 2.23. The summed E-state index contributed by atoms with van der Waals surface area (Å²) in [7, 11) is 0. The SMILES string of the molecule is CCCCc1ccc2cc(-c3cc(F)c(-c4ccc(C)cc4)c(F)c3)ccc2c1.